The standard InChI is InChI=1S/C22H28N2O4S/c1-17(19-8-10-21(28-2)11-9-19)23-22(25)20-12-14-24(15-13-20)29(26,27)16-18-6-4-3-5-7-18/h3-11,17,20H,12-16H2,1-2H3,(H,23,25)/t17-/m1/s1. The predicted octanol–water partition coefficient (Wildman–Crippen LogP) is 3.11. The van der Waals surface area contributed by atoms with Gasteiger partial charge in [-0.3, -0.25) is 4.79 Å². The number of carbonyl (C=O) groups excluding carboxylic acids is 1. The van der Waals surface area contributed by atoms with E-state index in [4.69, 9.17) is 4.74 Å². The number of sulfonamides is 1. The lowest BCUT2D eigenvalue weighted by Gasteiger charge is -2.31. The molecule has 2 aromatic rings. The number of hydrogen-bond donors (Lipinski definition) is 1. The largest absolute Gasteiger partial charge is 0.497 e. The third-order valence-electron chi connectivity index (χ3n) is 5.38. The van der Waals surface area contributed by atoms with Gasteiger partial charge in [-0.2, -0.15) is 0 Å². The highest BCUT2D eigenvalue weighted by Crippen LogP contribution is 2.23. The molecule has 1 amide bonds. The third-order valence-corrected chi connectivity index (χ3v) is 7.23. The Bertz CT molecular complexity index is 906. The van der Waals surface area contributed by atoms with Crippen LogP contribution in [-0.2, 0) is 20.6 Å². The molecule has 6 nitrogen and oxygen atoms in total. The summed E-state index contributed by atoms with van der Waals surface area (Å²) in [5, 5.41) is 3.05. The SMILES string of the molecule is COc1ccc([C@@H](C)NC(=O)C2CCN(S(=O)(=O)Cc3ccccc3)CC2)cc1. The van der Waals surface area contributed by atoms with Crippen molar-refractivity contribution in [1.82, 2.24) is 9.62 Å². The highest BCUT2D eigenvalue weighted by atomic mass is 32.2. The van der Waals surface area contributed by atoms with Crippen LogP contribution in [0.25, 0.3) is 0 Å². The Morgan fingerprint density at radius 3 is 2.31 bits per heavy atom. The first-order valence-electron chi connectivity index (χ1n) is 9.85. The highest BCUT2D eigenvalue weighted by molar-refractivity contribution is 7.88. The number of methoxy groups -OCH3 is 1. The Hall–Kier alpha value is -2.38. The summed E-state index contributed by atoms with van der Waals surface area (Å²) in [5.74, 6) is 0.586. The van der Waals surface area contributed by atoms with Crippen molar-refractivity contribution in [1.29, 1.82) is 0 Å². The maximum atomic E-state index is 12.7. The zero-order chi connectivity index (χ0) is 20.9. The Morgan fingerprint density at radius 1 is 1.10 bits per heavy atom. The monoisotopic (exact) mass is 416 g/mol. The van der Waals surface area contributed by atoms with Gasteiger partial charge < -0.3 is 10.1 Å². The summed E-state index contributed by atoms with van der Waals surface area (Å²) in [4.78, 5) is 12.6. The van der Waals surface area contributed by atoms with E-state index in [0.29, 0.717) is 25.9 Å². The topological polar surface area (TPSA) is 75.7 Å². The molecule has 0 spiro atoms. The van der Waals surface area contributed by atoms with Gasteiger partial charge >= 0.3 is 0 Å². The molecular weight excluding hydrogens is 388 g/mol. The van der Waals surface area contributed by atoms with Gasteiger partial charge in [0.1, 0.15) is 5.75 Å². The number of benzene rings is 2. The van der Waals surface area contributed by atoms with Crippen molar-refractivity contribution in [3.63, 3.8) is 0 Å². The summed E-state index contributed by atoms with van der Waals surface area (Å²) in [6.45, 7) is 2.70. The van der Waals surface area contributed by atoms with Crippen molar-refractivity contribution in [2.75, 3.05) is 20.2 Å². The molecule has 1 aliphatic rings. The summed E-state index contributed by atoms with van der Waals surface area (Å²) in [7, 11) is -1.75. The third kappa shape index (κ3) is 5.58. The number of hydrogen-bond acceptors (Lipinski definition) is 4. The number of ether oxygens (including phenoxy) is 1. The number of piperidine rings is 1. The van der Waals surface area contributed by atoms with Crippen molar-refractivity contribution < 1.29 is 17.9 Å². The minimum atomic E-state index is -3.37. The lowest BCUT2D eigenvalue weighted by Crippen LogP contribution is -2.43. The molecule has 0 bridgehead atoms. The van der Waals surface area contributed by atoms with Crippen molar-refractivity contribution >= 4 is 15.9 Å². The molecule has 0 radical (unpaired) electrons. The molecule has 1 atom stereocenters. The van der Waals surface area contributed by atoms with E-state index in [1.165, 1.54) is 4.31 Å². The molecule has 7 heteroatoms. The molecule has 1 fully saturated rings. The second-order valence-corrected chi connectivity index (χ2v) is 9.39. The minimum absolute atomic E-state index is 0.000787. The van der Waals surface area contributed by atoms with Gasteiger partial charge in [-0.15, -0.1) is 0 Å². The van der Waals surface area contributed by atoms with E-state index in [2.05, 4.69) is 5.32 Å². The molecule has 1 aliphatic heterocycles. The molecule has 156 valence electrons. The maximum Gasteiger partial charge on any atom is 0.223 e. The molecular formula is C22H28N2O4S. The van der Waals surface area contributed by atoms with Gasteiger partial charge in [-0.25, -0.2) is 12.7 Å². The number of nitrogens with one attached hydrogen (secondary N) is 1. The van der Waals surface area contributed by atoms with E-state index in [1.807, 2.05) is 61.5 Å². The average molecular weight is 417 g/mol. The van der Waals surface area contributed by atoms with Gasteiger partial charge in [-0.05, 0) is 43.0 Å². The van der Waals surface area contributed by atoms with Crippen LogP contribution < -0.4 is 10.1 Å². The van der Waals surface area contributed by atoms with Crippen molar-refractivity contribution in [2.24, 2.45) is 5.92 Å². The van der Waals surface area contributed by atoms with Gasteiger partial charge in [0, 0.05) is 19.0 Å². The molecule has 2 aromatic carbocycles. The molecule has 0 saturated carbocycles. The van der Waals surface area contributed by atoms with Crippen LogP contribution in [-0.4, -0.2) is 38.8 Å². The lowest BCUT2D eigenvalue weighted by atomic mass is 9.96. The zero-order valence-corrected chi connectivity index (χ0v) is 17.7. The van der Waals surface area contributed by atoms with Crippen molar-refractivity contribution in [3.8, 4) is 5.75 Å². The van der Waals surface area contributed by atoms with Crippen LogP contribution >= 0.6 is 0 Å². The summed E-state index contributed by atoms with van der Waals surface area (Å²) in [5.41, 5.74) is 1.78. The van der Waals surface area contributed by atoms with Gasteiger partial charge in [0.15, 0.2) is 0 Å². The number of rotatable bonds is 7. The Kier molecular flexibility index (Phi) is 6.92. The zero-order valence-electron chi connectivity index (χ0n) is 16.9. The van der Waals surface area contributed by atoms with Gasteiger partial charge in [0.2, 0.25) is 15.9 Å². The van der Waals surface area contributed by atoms with Crippen LogP contribution in [0.3, 0.4) is 0 Å². The molecule has 29 heavy (non-hydrogen) atoms. The quantitative estimate of drug-likeness (QED) is 0.753. The molecule has 0 aromatic heterocycles. The van der Waals surface area contributed by atoms with Crippen LogP contribution in [0.5, 0.6) is 5.75 Å². The summed E-state index contributed by atoms with van der Waals surface area (Å²) in [6.07, 6.45) is 1.07. The fourth-order valence-electron chi connectivity index (χ4n) is 3.58. The van der Waals surface area contributed by atoms with E-state index in [0.717, 1.165) is 16.9 Å². The first-order chi connectivity index (χ1) is 13.9. The van der Waals surface area contributed by atoms with Crippen LogP contribution in [0.1, 0.15) is 36.9 Å². The second-order valence-electron chi connectivity index (χ2n) is 7.42. The lowest BCUT2D eigenvalue weighted by molar-refractivity contribution is -0.126. The Balaban J connectivity index is 1.52. The Morgan fingerprint density at radius 2 is 1.72 bits per heavy atom. The van der Waals surface area contributed by atoms with Crippen LogP contribution in [0.15, 0.2) is 54.6 Å². The molecule has 1 N–H and O–H groups in total. The summed E-state index contributed by atoms with van der Waals surface area (Å²) < 4.78 is 32.0. The van der Waals surface area contributed by atoms with Gasteiger partial charge in [0.25, 0.3) is 0 Å². The number of amides is 1. The van der Waals surface area contributed by atoms with Crippen LogP contribution in [0.2, 0.25) is 0 Å². The van der Waals surface area contributed by atoms with Gasteiger partial charge in [0.05, 0.1) is 18.9 Å². The second kappa shape index (κ2) is 9.41. The minimum Gasteiger partial charge on any atom is -0.497 e. The summed E-state index contributed by atoms with van der Waals surface area (Å²) >= 11 is 0. The molecule has 3 rings (SSSR count). The first-order valence-corrected chi connectivity index (χ1v) is 11.5. The van der Waals surface area contributed by atoms with Gasteiger partial charge in [-0.1, -0.05) is 42.5 Å². The maximum absolute atomic E-state index is 12.7. The van der Waals surface area contributed by atoms with E-state index < -0.39 is 10.0 Å². The van der Waals surface area contributed by atoms with E-state index in [9.17, 15) is 13.2 Å². The van der Waals surface area contributed by atoms with Crippen molar-refractivity contribution in [3.05, 3.63) is 65.7 Å². The molecule has 0 unspecified atom stereocenters. The summed E-state index contributed by atoms with van der Waals surface area (Å²) in [6, 6.07) is 16.7. The highest BCUT2D eigenvalue weighted by Gasteiger charge is 2.31. The van der Waals surface area contributed by atoms with E-state index in [-0.39, 0.29) is 23.6 Å². The molecule has 1 heterocycles. The fraction of sp³-hybridized carbons (Fsp3) is 0.409. The molecule has 0 aliphatic carbocycles. The van der Waals surface area contributed by atoms with Crippen LogP contribution in [0, 0.1) is 5.92 Å². The van der Waals surface area contributed by atoms with E-state index >= 15 is 0 Å². The normalized spacial score (nSPS) is 16.9. The number of carbonyl (C=O) groups is 1. The average Bonchev–Trinajstić information content (AvgIpc) is 2.74. The predicted molar refractivity (Wildman–Crippen MR) is 113 cm³/mol. The van der Waals surface area contributed by atoms with Crippen molar-refractivity contribution in [2.45, 2.75) is 31.6 Å². The smallest absolute Gasteiger partial charge is 0.223 e. The first kappa shape index (κ1) is 21.3. The Labute approximate surface area is 172 Å². The van der Waals surface area contributed by atoms with Crippen LogP contribution in [0.4, 0.5) is 0 Å². The molecule has 1 saturated heterocycles. The number of nitrogens with zero attached hydrogens (tertiary/aromatic N) is 1. The fourth-order valence-corrected chi connectivity index (χ4v) is 5.14. The van der Waals surface area contributed by atoms with E-state index in [1.54, 1.807) is 7.11 Å².